The highest BCUT2D eigenvalue weighted by Gasteiger charge is 2.27. The van der Waals surface area contributed by atoms with Gasteiger partial charge in [0.1, 0.15) is 0 Å². The molecule has 3 nitrogen and oxygen atoms in total. The quantitative estimate of drug-likeness (QED) is 0.618. The number of nitrogens with one attached hydrogen (secondary N) is 1. The fraction of sp³-hybridized carbons (Fsp3) is 0.714. The topological polar surface area (TPSA) is 46.2 Å². The third-order valence-electron chi connectivity index (χ3n) is 1.60. The first-order valence-electron chi connectivity index (χ1n) is 3.72. The molecular weight excluding hydrogens is 162 g/mol. The molecule has 64 valence electrons. The Morgan fingerprint density at radius 1 is 1.55 bits per heavy atom. The summed E-state index contributed by atoms with van der Waals surface area (Å²) in [6.07, 6.45) is 3.68. The van der Waals surface area contributed by atoms with Crippen molar-refractivity contribution in [3.63, 3.8) is 0 Å². The van der Waals surface area contributed by atoms with Crippen molar-refractivity contribution in [3.05, 3.63) is 12.7 Å². The third-order valence-corrected chi connectivity index (χ3v) is 3.12. The van der Waals surface area contributed by atoms with Gasteiger partial charge >= 0.3 is 0 Å². The van der Waals surface area contributed by atoms with Gasteiger partial charge in [0.25, 0.3) is 0 Å². The zero-order valence-electron chi connectivity index (χ0n) is 6.41. The van der Waals surface area contributed by atoms with Crippen molar-refractivity contribution in [1.29, 1.82) is 0 Å². The molecule has 1 fully saturated rings. The minimum absolute atomic E-state index is 0.292. The van der Waals surface area contributed by atoms with Crippen LogP contribution in [-0.4, -0.2) is 20.7 Å². The molecule has 1 aliphatic carbocycles. The summed E-state index contributed by atoms with van der Waals surface area (Å²) in [5.41, 5.74) is 0. The monoisotopic (exact) mass is 175 g/mol. The Bertz CT molecular complexity index is 229. The van der Waals surface area contributed by atoms with E-state index in [9.17, 15) is 8.42 Å². The van der Waals surface area contributed by atoms with Crippen LogP contribution in [0.1, 0.15) is 12.8 Å². The van der Waals surface area contributed by atoms with Crippen LogP contribution in [0.2, 0.25) is 0 Å². The predicted octanol–water partition coefficient (Wildman–Crippen LogP) is 0.502. The molecule has 0 radical (unpaired) electrons. The molecule has 0 amide bonds. The maximum atomic E-state index is 11.1. The van der Waals surface area contributed by atoms with E-state index in [-0.39, 0.29) is 0 Å². The lowest BCUT2D eigenvalue weighted by molar-refractivity contribution is 0.582. The first-order chi connectivity index (χ1) is 5.14. The standard InChI is InChI=1S/C7H13NO2S/c1-2-5-8-11(9,10)6-7-3-4-7/h2,7-8H,1,3-6H2. The molecule has 11 heavy (non-hydrogen) atoms. The molecule has 1 rings (SSSR count). The van der Waals surface area contributed by atoms with Gasteiger partial charge in [-0.05, 0) is 18.8 Å². The number of hydrogen-bond donors (Lipinski definition) is 1. The van der Waals surface area contributed by atoms with Crippen LogP contribution < -0.4 is 4.72 Å². The van der Waals surface area contributed by atoms with Crippen molar-refractivity contribution in [1.82, 2.24) is 4.72 Å². The second-order valence-corrected chi connectivity index (χ2v) is 4.71. The van der Waals surface area contributed by atoms with Gasteiger partial charge in [0.05, 0.1) is 5.75 Å². The minimum atomic E-state index is -3.00. The summed E-state index contributed by atoms with van der Waals surface area (Å²) in [6, 6.07) is 0. The molecule has 4 heteroatoms. The second kappa shape index (κ2) is 3.36. The number of sulfonamides is 1. The van der Waals surface area contributed by atoms with Gasteiger partial charge in [-0.3, -0.25) is 0 Å². The van der Waals surface area contributed by atoms with E-state index in [0.717, 1.165) is 12.8 Å². The van der Waals surface area contributed by atoms with E-state index in [1.165, 1.54) is 0 Å². The molecule has 0 aliphatic heterocycles. The maximum Gasteiger partial charge on any atom is 0.212 e. The smallest absolute Gasteiger partial charge is 0.212 e. The molecule has 0 aromatic heterocycles. The highest BCUT2D eigenvalue weighted by Crippen LogP contribution is 2.29. The highest BCUT2D eigenvalue weighted by molar-refractivity contribution is 7.89. The Morgan fingerprint density at radius 2 is 2.18 bits per heavy atom. The van der Waals surface area contributed by atoms with Crippen LogP contribution in [0.5, 0.6) is 0 Å². The Balaban J connectivity index is 2.31. The van der Waals surface area contributed by atoms with Gasteiger partial charge in [0, 0.05) is 6.54 Å². The van der Waals surface area contributed by atoms with Gasteiger partial charge in [-0.1, -0.05) is 6.08 Å². The average molecular weight is 175 g/mol. The molecule has 0 aromatic rings. The zero-order chi connectivity index (χ0) is 8.32. The highest BCUT2D eigenvalue weighted by atomic mass is 32.2. The predicted molar refractivity (Wildman–Crippen MR) is 44.7 cm³/mol. The van der Waals surface area contributed by atoms with Crippen molar-refractivity contribution < 1.29 is 8.42 Å². The summed E-state index contributed by atoms with van der Waals surface area (Å²) in [4.78, 5) is 0. The van der Waals surface area contributed by atoms with E-state index in [0.29, 0.717) is 18.2 Å². The van der Waals surface area contributed by atoms with Crippen LogP contribution in [-0.2, 0) is 10.0 Å². The van der Waals surface area contributed by atoms with Gasteiger partial charge in [-0.25, -0.2) is 13.1 Å². The fourth-order valence-electron chi connectivity index (χ4n) is 0.840. The molecule has 0 atom stereocenters. The SMILES string of the molecule is C=CCNS(=O)(=O)CC1CC1. The molecule has 0 spiro atoms. The van der Waals surface area contributed by atoms with E-state index < -0.39 is 10.0 Å². The van der Waals surface area contributed by atoms with Gasteiger partial charge in [0.15, 0.2) is 0 Å². The summed E-state index contributed by atoms with van der Waals surface area (Å²) in [6.45, 7) is 3.77. The molecule has 0 saturated heterocycles. The van der Waals surface area contributed by atoms with E-state index in [4.69, 9.17) is 0 Å². The lowest BCUT2D eigenvalue weighted by atomic mass is 10.5. The first kappa shape index (κ1) is 8.74. The van der Waals surface area contributed by atoms with Crippen molar-refractivity contribution in [2.24, 2.45) is 5.92 Å². The molecule has 1 saturated carbocycles. The van der Waals surface area contributed by atoms with Crippen molar-refractivity contribution in [2.45, 2.75) is 12.8 Å². The Kier molecular flexibility index (Phi) is 2.67. The van der Waals surface area contributed by atoms with Gasteiger partial charge in [-0.2, -0.15) is 0 Å². The van der Waals surface area contributed by atoms with Crippen LogP contribution in [0, 0.1) is 5.92 Å². The fourth-order valence-corrected chi connectivity index (χ4v) is 2.28. The van der Waals surface area contributed by atoms with Gasteiger partial charge < -0.3 is 0 Å². The average Bonchev–Trinajstić information content (AvgIpc) is 2.67. The largest absolute Gasteiger partial charge is 0.212 e. The maximum absolute atomic E-state index is 11.1. The lowest BCUT2D eigenvalue weighted by Gasteiger charge is -2.01. The minimum Gasteiger partial charge on any atom is -0.212 e. The van der Waals surface area contributed by atoms with Crippen molar-refractivity contribution >= 4 is 10.0 Å². The van der Waals surface area contributed by atoms with E-state index in [2.05, 4.69) is 11.3 Å². The summed E-state index contributed by atoms with van der Waals surface area (Å²) in [5, 5.41) is 0. The van der Waals surface area contributed by atoms with Crippen LogP contribution in [0.3, 0.4) is 0 Å². The molecule has 0 unspecified atom stereocenters. The van der Waals surface area contributed by atoms with Gasteiger partial charge in [0.2, 0.25) is 10.0 Å². The van der Waals surface area contributed by atoms with Crippen LogP contribution in [0.15, 0.2) is 12.7 Å². The normalized spacial score (nSPS) is 18.2. The van der Waals surface area contributed by atoms with Crippen LogP contribution in [0.25, 0.3) is 0 Å². The van der Waals surface area contributed by atoms with Crippen LogP contribution in [0.4, 0.5) is 0 Å². The van der Waals surface area contributed by atoms with E-state index in [1.807, 2.05) is 0 Å². The van der Waals surface area contributed by atoms with E-state index in [1.54, 1.807) is 6.08 Å². The molecule has 0 heterocycles. The molecule has 1 aliphatic rings. The molecule has 0 aromatic carbocycles. The summed E-state index contributed by atoms with van der Waals surface area (Å²) >= 11 is 0. The van der Waals surface area contributed by atoms with E-state index >= 15 is 0 Å². The molecule has 0 bridgehead atoms. The third kappa shape index (κ3) is 3.53. The zero-order valence-corrected chi connectivity index (χ0v) is 7.23. The number of rotatable bonds is 5. The first-order valence-corrected chi connectivity index (χ1v) is 5.37. The Morgan fingerprint density at radius 3 is 2.64 bits per heavy atom. The molecular formula is C7H13NO2S. The second-order valence-electron chi connectivity index (χ2n) is 2.86. The number of hydrogen-bond acceptors (Lipinski definition) is 2. The summed E-state index contributed by atoms with van der Waals surface area (Å²) in [5.74, 6) is 0.707. The molecule has 1 N–H and O–H groups in total. The van der Waals surface area contributed by atoms with Crippen LogP contribution >= 0.6 is 0 Å². The Labute approximate surface area is 67.5 Å². The van der Waals surface area contributed by atoms with Crippen molar-refractivity contribution in [3.8, 4) is 0 Å². The summed E-state index contributed by atoms with van der Waals surface area (Å²) < 4.78 is 24.6. The van der Waals surface area contributed by atoms with Gasteiger partial charge in [-0.15, -0.1) is 6.58 Å². The summed E-state index contributed by atoms with van der Waals surface area (Å²) in [7, 11) is -3.00. The Hall–Kier alpha value is -0.350. The van der Waals surface area contributed by atoms with Crippen molar-refractivity contribution in [2.75, 3.05) is 12.3 Å². The lowest BCUT2D eigenvalue weighted by Crippen LogP contribution is -2.27.